The van der Waals surface area contributed by atoms with Gasteiger partial charge < -0.3 is 5.32 Å². The van der Waals surface area contributed by atoms with Gasteiger partial charge in [0.25, 0.3) is 0 Å². The molecule has 112 valence electrons. The highest BCUT2D eigenvalue weighted by Gasteiger charge is 2.21. The molecule has 3 rings (SSSR count). The summed E-state index contributed by atoms with van der Waals surface area (Å²) in [6.07, 6.45) is 1.08. The van der Waals surface area contributed by atoms with E-state index < -0.39 is 0 Å². The van der Waals surface area contributed by atoms with Crippen molar-refractivity contribution in [2.24, 2.45) is 0 Å². The van der Waals surface area contributed by atoms with Crippen LogP contribution in [0, 0.1) is 6.92 Å². The summed E-state index contributed by atoms with van der Waals surface area (Å²) in [5.41, 5.74) is 6.70. The van der Waals surface area contributed by atoms with E-state index in [-0.39, 0.29) is 0 Å². The predicted octanol–water partition coefficient (Wildman–Crippen LogP) is 3.03. The number of aromatic nitrogens is 1. The highest BCUT2D eigenvalue weighted by atomic mass is 15.1. The predicted molar refractivity (Wildman–Crippen MR) is 88.5 cm³/mol. The van der Waals surface area contributed by atoms with Gasteiger partial charge in [-0.3, -0.25) is 9.88 Å². The monoisotopic (exact) mass is 283 g/mol. The van der Waals surface area contributed by atoms with Gasteiger partial charge in [0.1, 0.15) is 0 Å². The average molecular weight is 283 g/mol. The lowest BCUT2D eigenvalue weighted by molar-refractivity contribution is 0.265. The molecule has 3 nitrogen and oxygen atoms in total. The first-order valence-corrected chi connectivity index (χ1v) is 8.07. The molecule has 2 aromatic rings. The van der Waals surface area contributed by atoms with Gasteiger partial charge in [-0.15, -0.1) is 0 Å². The fraction of sp³-hybridized carbons (Fsp3) is 0.500. The Morgan fingerprint density at radius 3 is 2.90 bits per heavy atom. The van der Waals surface area contributed by atoms with E-state index in [1.54, 1.807) is 0 Å². The smallest absolute Gasteiger partial charge is 0.0737 e. The second kappa shape index (κ2) is 6.12. The van der Waals surface area contributed by atoms with Gasteiger partial charge in [-0.25, -0.2) is 0 Å². The second-order valence-electron chi connectivity index (χ2n) is 5.89. The van der Waals surface area contributed by atoms with Gasteiger partial charge in [0.05, 0.1) is 5.52 Å². The molecule has 3 heteroatoms. The van der Waals surface area contributed by atoms with E-state index in [0.29, 0.717) is 0 Å². The van der Waals surface area contributed by atoms with Crippen LogP contribution in [0.25, 0.3) is 10.9 Å². The molecule has 0 bridgehead atoms. The summed E-state index contributed by atoms with van der Waals surface area (Å²) < 4.78 is 0. The zero-order valence-electron chi connectivity index (χ0n) is 13.4. The quantitative estimate of drug-likeness (QED) is 0.935. The molecule has 1 aliphatic rings. The average Bonchev–Trinajstić information content (AvgIpc) is 2.52. The lowest BCUT2D eigenvalue weighted by atomic mass is 9.94. The van der Waals surface area contributed by atoms with Gasteiger partial charge in [-0.1, -0.05) is 32.0 Å². The van der Waals surface area contributed by atoms with E-state index in [1.165, 1.54) is 33.3 Å². The second-order valence-corrected chi connectivity index (χ2v) is 5.89. The largest absolute Gasteiger partial charge is 0.313 e. The minimum absolute atomic E-state index is 0.943. The lowest BCUT2D eigenvalue weighted by Gasteiger charge is -2.29. The number of hydrogen-bond donors (Lipinski definition) is 1. The molecular formula is C18H25N3. The summed E-state index contributed by atoms with van der Waals surface area (Å²) in [6, 6.07) is 6.55. The fourth-order valence-corrected chi connectivity index (χ4v) is 3.27. The van der Waals surface area contributed by atoms with Crippen LogP contribution in [-0.4, -0.2) is 29.5 Å². The lowest BCUT2D eigenvalue weighted by Crippen LogP contribution is -2.32. The van der Waals surface area contributed by atoms with Crippen LogP contribution in [0.5, 0.6) is 0 Å². The molecule has 0 saturated heterocycles. The Bertz CT molecular complexity index is 648. The number of para-hydroxylation sites is 1. The van der Waals surface area contributed by atoms with Crippen molar-refractivity contribution < 1.29 is 0 Å². The Balaban J connectivity index is 2.18. The molecule has 1 aliphatic heterocycles. The number of fused-ring (bicyclic) bond motifs is 2. The number of nitrogens with zero attached hydrogens (tertiary/aromatic N) is 2. The van der Waals surface area contributed by atoms with E-state index in [0.717, 1.165) is 39.1 Å². The van der Waals surface area contributed by atoms with E-state index >= 15 is 0 Å². The summed E-state index contributed by atoms with van der Waals surface area (Å²) in [5.74, 6) is 0. The van der Waals surface area contributed by atoms with E-state index in [9.17, 15) is 0 Å². The van der Waals surface area contributed by atoms with Crippen molar-refractivity contribution in [1.82, 2.24) is 15.2 Å². The van der Waals surface area contributed by atoms with Crippen molar-refractivity contribution in [3.05, 3.63) is 40.6 Å². The van der Waals surface area contributed by atoms with Crippen molar-refractivity contribution in [3.63, 3.8) is 0 Å². The minimum atomic E-state index is 0.943. The molecule has 0 unspecified atom stereocenters. The first kappa shape index (κ1) is 14.5. The number of pyridine rings is 1. The van der Waals surface area contributed by atoms with Gasteiger partial charge >= 0.3 is 0 Å². The van der Waals surface area contributed by atoms with E-state index in [1.807, 2.05) is 0 Å². The topological polar surface area (TPSA) is 28.2 Å². The molecule has 0 amide bonds. The Morgan fingerprint density at radius 1 is 1.29 bits per heavy atom. The third-order valence-electron chi connectivity index (χ3n) is 4.57. The SMILES string of the molecule is CCNCc1c2c(nc3c(C)cccc13)CCN(CC)C2. The highest BCUT2D eigenvalue weighted by molar-refractivity contribution is 5.86. The first-order chi connectivity index (χ1) is 10.2. The molecule has 0 fully saturated rings. The number of hydrogen-bond acceptors (Lipinski definition) is 3. The summed E-state index contributed by atoms with van der Waals surface area (Å²) in [7, 11) is 0. The highest BCUT2D eigenvalue weighted by Crippen LogP contribution is 2.29. The van der Waals surface area contributed by atoms with Crippen molar-refractivity contribution in [1.29, 1.82) is 0 Å². The minimum Gasteiger partial charge on any atom is -0.313 e. The molecule has 1 aromatic heterocycles. The zero-order chi connectivity index (χ0) is 14.8. The zero-order valence-corrected chi connectivity index (χ0v) is 13.4. The molecule has 0 spiro atoms. The molecular weight excluding hydrogens is 258 g/mol. The fourth-order valence-electron chi connectivity index (χ4n) is 3.27. The molecule has 1 aromatic carbocycles. The Labute approximate surface area is 127 Å². The maximum absolute atomic E-state index is 5.00. The van der Waals surface area contributed by atoms with Crippen molar-refractivity contribution >= 4 is 10.9 Å². The van der Waals surface area contributed by atoms with Crippen molar-refractivity contribution in [3.8, 4) is 0 Å². The van der Waals surface area contributed by atoms with Crippen LogP contribution < -0.4 is 5.32 Å². The standard InChI is InChI=1S/C18H25N3/c1-4-19-11-15-14-8-6-7-13(3)18(14)20-17-9-10-21(5-2)12-16(15)17/h6-8,19H,4-5,9-12H2,1-3H3. The third kappa shape index (κ3) is 2.68. The Hall–Kier alpha value is -1.45. The molecule has 2 heterocycles. The van der Waals surface area contributed by atoms with Crippen LogP contribution in [0.4, 0.5) is 0 Å². The van der Waals surface area contributed by atoms with Gasteiger partial charge in [0.15, 0.2) is 0 Å². The molecule has 1 N–H and O–H groups in total. The van der Waals surface area contributed by atoms with Crippen LogP contribution in [0.15, 0.2) is 18.2 Å². The summed E-state index contributed by atoms with van der Waals surface area (Å²) in [6.45, 7) is 11.8. The van der Waals surface area contributed by atoms with Gasteiger partial charge in [0.2, 0.25) is 0 Å². The van der Waals surface area contributed by atoms with Gasteiger partial charge in [-0.2, -0.15) is 0 Å². The number of nitrogens with one attached hydrogen (secondary N) is 1. The maximum atomic E-state index is 5.00. The van der Waals surface area contributed by atoms with Crippen molar-refractivity contribution in [2.75, 3.05) is 19.6 Å². The van der Waals surface area contributed by atoms with Crippen molar-refractivity contribution in [2.45, 2.75) is 40.3 Å². The molecule has 21 heavy (non-hydrogen) atoms. The molecule has 0 radical (unpaired) electrons. The van der Waals surface area contributed by atoms with Crippen LogP contribution in [0.1, 0.15) is 36.2 Å². The molecule has 0 saturated carbocycles. The number of benzene rings is 1. The molecule has 0 aliphatic carbocycles. The van der Waals surface area contributed by atoms with Crippen LogP contribution >= 0.6 is 0 Å². The van der Waals surface area contributed by atoms with Crippen LogP contribution in [-0.2, 0) is 19.5 Å². The number of aryl methyl sites for hydroxylation is 1. The van der Waals surface area contributed by atoms with E-state index in [4.69, 9.17) is 4.98 Å². The van der Waals surface area contributed by atoms with Crippen LogP contribution in [0.3, 0.4) is 0 Å². The van der Waals surface area contributed by atoms with Gasteiger partial charge in [0, 0.05) is 37.1 Å². The number of likely N-dealkylation sites (N-methyl/N-ethyl adjacent to an activating group) is 1. The Kier molecular flexibility index (Phi) is 4.22. The first-order valence-electron chi connectivity index (χ1n) is 8.07. The molecule has 0 atom stereocenters. The van der Waals surface area contributed by atoms with Crippen LogP contribution in [0.2, 0.25) is 0 Å². The van der Waals surface area contributed by atoms with Gasteiger partial charge in [-0.05, 0) is 36.7 Å². The van der Waals surface area contributed by atoms with E-state index in [2.05, 4.69) is 49.2 Å². The summed E-state index contributed by atoms with van der Waals surface area (Å²) in [5, 5.41) is 4.84. The number of rotatable bonds is 4. The third-order valence-corrected chi connectivity index (χ3v) is 4.57. The Morgan fingerprint density at radius 2 is 2.14 bits per heavy atom. The maximum Gasteiger partial charge on any atom is 0.0737 e. The normalized spacial score (nSPS) is 15.4. The summed E-state index contributed by atoms with van der Waals surface area (Å²) >= 11 is 0. The summed E-state index contributed by atoms with van der Waals surface area (Å²) in [4.78, 5) is 7.51.